The van der Waals surface area contributed by atoms with Crippen LogP contribution in [0.15, 0.2) is 18.2 Å². The number of hydrogen-bond donors (Lipinski definition) is 1. The molecule has 1 aromatic carbocycles. The first kappa shape index (κ1) is 14.7. The van der Waals surface area contributed by atoms with Crippen LogP contribution in [0.25, 0.3) is 0 Å². The number of nitrogens with two attached hydrogens (primary N) is 1. The number of anilines is 1. The normalized spacial score (nSPS) is 19.5. The van der Waals surface area contributed by atoms with E-state index < -0.39 is 0 Å². The Labute approximate surface area is 131 Å². The molecule has 0 saturated heterocycles. The molecule has 1 amide bonds. The molecule has 2 aliphatic rings. The van der Waals surface area contributed by atoms with Crippen LogP contribution in [-0.2, 0) is 0 Å². The quantitative estimate of drug-likeness (QED) is 0.851. The van der Waals surface area contributed by atoms with Crippen molar-refractivity contribution in [3.8, 4) is 0 Å². The second-order valence-electron chi connectivity index (χ2n) is 6.47. The lowest BCUT2D eigenvalue weighted by Crippen LogP contribution is -2.37. The SMILES string of the molecule is Nc1cc(Cl)cc(C(=O)N(CC2CCCCC2)C2CC2)c1. The van der Waals surface area contributed by atoms with Crippen molar-refractivity contribution in [2.75, 3.05) is 12.3 Å². The molecular formula is C17H23ClN2O. The van der Waals surface area contributed by atoms with Crippen molar-refractivity contribution in [1.82, 2.24) is 4.90 Å². The Morgan fingerprint density at radius 2 is 1.86 bits per heavy atom. The molecule has 0 spiro atoms. The van der Waals surface area contributed by atoms with Crippen molar-refractivity contribution < 1.29 is 4.79 Å². The van der Waals surface area contributed by atoms with Crippen LogP contribution in [0, 0.1) is 5.92 Å². The van der Waals surface area contributed by atoms with Crippen molar-refractivity contribution >= 4 is 23.2 Å². The first-order chi connectivity index (χ1) is 10.1. The molecule has 114 valence electrons. The van der Waals surface area contributed by atoms with Gasteiger partial charge in [-0.25, -0.2) is 0 Å². The van der Waals surface area contributed by atoms with Gasteiger partial charge in [-0.1, -0.05) is 30.9 Å². The minimum atomic E-state index is 0.0947. The van der Waals surface area contributed by atoms with Crippen molar-refractivity contribution in [1.29, 1.82) is 0 Å². The lowest BCUT2D eigenvalue weighted by molar-refractivity contribution is 0.0699. The number of rotatable bonds is 4. The number of carbonyl (C=O) groups excluding carboxylic acids is 1. The Morgan fingerprint density at radius 1 is 1.14 bits per heavy atom. The summed E-state index contributed by atoms with van der Waals surface area (Å²) < 4.78 is 0. The van der Waals surface area contributed by atoms with Crippen LogP contribution < -0.4 is 5.73 Å². The average molecular weight is 307 g/mol. The summed E-state index contributed by atoms with van der Waals surface area (Å²) in [6.07, 6.45) is 8.74. The Kier molecular flexibility index (Phi) is 4.39. The molecule has 1 aromatic rings. The summed E-state index contributed by atoms with van der Waals surface area (Å²) in [5.74, 6) is 0.761. The van der Waals surface area contributed by atoms with E-state index in [1.54, 1.807) is 18.2 Å². The second-order valence-corrected chi connectivity index (χ2v) is 6.90. The van der Waals surface area contributed by atoms with E-state index in [2.05, 4.69) is 4.90 Å². The lowest BCUT2D eigenvalue weighted by Gasteiger charge is -2.30. The number of nitrogens with zero attached hydrogens (tertiary/aromatic N) is 1. The van der Waals surface area contributed by atoms with E-state index in [0.29, 0.717) is 28.2 Å². The van der Waals surface area contributed by atoms with E-state index in [9.17, 15) is 4.79 Å². The standard InChI is InChI=1S/C17H23ClN2O/c18-14-8-13(9-15(19)10-14)17(21)20(16-6-7-16)11-12-4-2-1-3-5-12/h8-10,12,16H,1-7,11,19H2. The molecule has 2 N–H and O–H groups in total. The van der Waals surface area contributed by atoms with E-state index >= 15 is 0 Å². The lowest BCUT2D eigenvalue weighted by atomic mass is 9.88. The van der Waals surface area contributed by atoms with E-state index in [4.69, 9.17) is 17.3 Å². The van der Waals surface area contributed by atoms with Gasteiger partial charge in [0.2, 0.25) is 0 Å². The van der Waals surface area contributed by atoms with Crippen LogP contribution in [0.2, 0.25) is 5.02 Å². The van der Waals surface area contributed by atoms with E-state index in [-0.39, 0.29) is 5.91 Å². The molecule has 2 fully saturated rings. The van der Waals surface area contributed by atoms with Gasteiger partial charge in [-0.15, -0.1) is 0 Å². The number of nitrogen functional groups attached to an aromatic ring is 1. The molecule has 2 aliphatic carbocycles. The van der Waals surface area contributed by atoms with Crippen LogP contribution in [-0.4, -0.2) is 23.4 Å². The first-order valence-electron chi connectivity index (χ1n) is 8.00. The highest BCUT2D eigenvalue weighted by atomic mass is 35.5. The van der Waals surface area contributed by atoms with Gasteiger partial charge in [0.1, 0.15) is 0 Å². The maximum Gasteiger partial charge on any atom is 0.254 e. The van der Waals surface area contributed by atoms with Gasteiger partial charge < -0.3 is 10.6 Å². The average Bonchev–Trinajstić information content (AvgIpc) is 3.29. The predicted molar refractivity (Wildman–Crippen MR) is 86.5 cm³/mol. The third-order valence-corrected chi connectivity index (χ3v) is 4.81. The maximum atomic E-state index is 12.8. The van der Waals surface area contributed by atoms with E-state index in [1.165, 1.54) is 32.1 Å². The third-order valence-electron chi connectivity index (χ3n) is 4.60. The monoisotopic (exact) mass is 306 g/mol. The van der Waals surface area contributed by atoms with Gasteiger partial charge in [-0.3, -0.25) is 4.79 Å². The maximum absolute atomic E-state index is 12.8. The number of hydrogen-bond acceptors (Lipinski definition) is 2. The molecule has 0 radical (unpaired) electrons. The van der Waals surface area contributed by atoms with Crippen LogP contribution in [0.4, 0.5) is 5.69 Å². The smallest absolute Gasteiger partial charge is 0.254 e. The predicted octanol–water partition coefficient (Wildman–Crippen LogP) is 4.11. The van der Waals surface area contributed by atoms with E-state index in [0.717, 1.165) is 19.4 Å². The zero-order valence-electron chi connectivity index (χ0n) is 12.4. The first-order valence-corrected chi connectivity index (χ1v) is 8.38. The van der Waals surface area contributed by atoms with Gasteiger partial charge in [0, 0.05) is 28.9 Å². The molecule has 0 unspecified atom stereocenters. The Balaban J connectivity index is 1.74. The summed E-state index contributed by atoms with van der Waals surface area (Å²) in [4.78, 5) is 14.9. The number of benzene rings is 1. The molecule has 2 saturated carbocycles. The molecule has 0 heterocycles. The summed E-state index contributed by atoms with van der Waals surface area (Å²) in [6, 6.07) is 5.58. The van der Waals surface area contributed by atoms with Crippen LogP contribution in [0.1, 0.15) is 55.3 Å². The summed E-state index contributed by atoms with van der Waals surface area (Å²) >= 11 is 6.04. The highest BCUT2D eigenvalue weighted by Crippen LogP contribution is 2.33. The largest absolute Gasteiger partial charge is 0.399 e. The van der Waals surface area contributed by atoms with Gasteiger partial charge in [0.05, 0.1) is 0 Å². The molecule has 0 atom stereocenters. The van der Waals surface area contributed by atoms with Crippen LogP contribution >= 0.6 is 11.6 Å². The van der Waals surface area contributed by atoms with Crippen molar-refractivity contribution in [3.63, 3.8) is 0 Å². The van der Waals surface area contributed by atoms with Crippen LogP contribution in [0.5, 0.6) is 0 Å². The fourth-order valence-corrected chi connectivity index (χ4v) is 3.58. The summed E-state index contributed by atoms with van der Waals surface area (Å²) in [6.45, 7) is 0.899. The van der Waals surface area contributed by atoms with Crippen molar-refractivity contribution in [2.24, 2.45) is 5.92 Å². The molecule has 4 heteroatoms. The zero-order chi connectivity index (χ0) is 14.8. The summed E-state index contributed by atoms with van der Waals surface area (Å²) in [5, 5.41) is 0.534. The van der Waals surface area contributed by atoms with Gasteiger partial charge in [0.15, 0.2) is 0 Å². The number of halogens is 1. The Hall–Kier alpha value is -1.22. The fraction of sp³-hybridized carbons (Fsp3) is 0.588. The Bertz CT molecular complexity index is 501. The van der Waals surface area contributed by atoms with Crippen molar-refractivity contribution in [2.45, 2.75) is 51.0 Å². The topological polar surface area (TPSA) is 46.3 Å². The van der Waals surface area contributed by atoms with Gasteiger partial charge in [0.25, 0.3) is 5.91 Å². The molecule has 21 heavy (non-hydrogen) atoms. The summed E-state index contributed by atoms with van der Waals surface area (Å²) in [5.41, 5.74) is 7.00. The number of carbonyl (C=O) groups is 1. The second kappa shape index (κ2) is 6.27. The molecule has 0 aliphatic heterocycles. The van der Waals surface area contributed by atoms with Crippen LogP contribution in [0.3, 0.4) is 0 Å². The molecule has 3 nitrogen and oxygen atoms in total. The zero-order valence-corrected chi connectivity index (χ0v) is 13.1. The molecule has 0 bridgehead atoms. The fourth-order valence-electron chi connectivity index (χ4n) is 3.33. The van der Waals surface area contributed by atoms with E-state index in [1.807, 2.05) is 0 Å². The Morgan fingerprint density at radius 3 is 2.48 bits per heavy atom. The molecule has 3 rings (SSSR count). The third kappa shape index (κ3) is 3.70. The van der Waals surface area contributed by atoms with Gasteiger partial charge in [-0.05, 0) is 49.8 Å². The number of amides is 1. The summed E-state index contributed by atoms with van der Waals surface area (Å²) in [7, 11) is 0. The highest BCUT2D eigenvalue weighted by Gasteiger charge is 2.34. The van der Waals surface area contributed by atoms with Crippen molar-refractivity contribution in [3.05, 3.63) is 28.8 Å². The highest BCUT2D eigenvalue weighted by molar-refractivity contribution is 6.31. The van der Waals surface area contributed by atoms with Gasteiger partial charge >= 0.3 is 0 Å². The minimum Gasteiger partial charge on any atom is -0.399 e. The molecule has 0 aromatic heterocycles. The molecular weight excluding hydrogens is 284 g/mol. The minimum absolute atomic E-state index is 0.0947. The van der Waals surface area contributed by atoms with Gasteiger partial charge in [-0.2, -0.15) is 0 Å².